The fourth-order valence-corrected chi connectivity index (χ4v) is 3.51. The number of nitrogens with one attached hydrogen (secondary N) is 1. The van der Waals surface area contributed by atoms with Crippen LogP contribution in [0.3, 0.4) is 0 Å². The molecule has 33 heavy (non-hydrogen) atoms. The Hall–Kier alpha value is -3.83. The summed E-state index contributed by atoms with van der Waals surface area (Å²) in [5.41, 5.74) is 0.0926. The molecule has 0 unspecified atom stereocenters. The normalized spacial score (nSPS) is 11.2. The van der Waals surface area contributed by atoms with Crippen LogP contribution >= 0.6 is 11.6 Å². The van der Waals surface area contributed by atoms with E-state index in [0.29, 0.717) is 27.6 Å². The number of ether oxygens (including phenoxy) is 1. The maximum absolute atomic E-state index is 12.9. The van der Waals surface area contributed by atoms with E-state index >= 15 is 0 Å². The average molecular weight is 460 g/mol. The van der Waals surface area contributed by atoms with Crippen molar-refractivity contribution in [3.63, 3.8) is 0 Å². The Kier molecular flexibility index (Phi) is 6.07. The molecule has 0 aliphatic heterocycles. The van der Waals surface area contributed by atoms with Crippen LogP contribution in [0.5, 0.6) is 11.5 Å². The van der Waals surface area contributed by atoms with Gasteiger partial charge < -0.3 is 15.2 Å². The maximum atomic E-state index is 12.9. The molecule has 4 rings (SSSR count). The van der Waals surface area contributed by atoms with Crippen LogP contribution in [0.1, 0.15) is 29.8 Å². The average Bonchev–Trinajstić information content (AvgIpc) is 2.80. The van der Waals surface area contributed by atoms with Crippen molar-refractivity contribution in [3.8, 4) is 11.5 Å². The highest BCUT2D eigenvalue weighted by molar-refractivity contribution is 6.30. The predicted octanol–water partition coefficient (Wildman–Crippen LogP) is 6.23. The zero-order valence-corrected chi connectivity index (χ0v) is 18.9. The van der Waals surface area contributed by atoms with E-state index in [0.717, 1.165) is 10.8 Å². The zero-order valence-electron chi connectivity index (χ0n) is 18.1. The van der Waals surface area contributed by atoms with Gasteiger partial charge >= 0.3 is 0 Å². The second-order valence-corrected chi connectivity index (χ2v) is 8.58. The van der Waals surface area contributed by atoms with Crippen LogP contribution in [0, 0.1) is 0 Å². The molecule has 6 heteroatoms. The number of anilines is 1. The number of halogens is 1. The van der Waals surface area contributed by atoms with E-state index in [1.165, 1.54) is 0 Å². The van der Waals surface area contributed by atoms with Crippen molar-refractivity contribution in [2.24, 2.45) is 0 Å². The first-order valence-electron chi connectivity index (χ1n) is 10.4. The SMILES string of the molecule is CC(C)(Oc1ccc(C(=O)c2ccc(Cl)cc2)cc1)C(=O)Nc1cc2ccccc2cc1O. The Morgan fingerprint density at radius 3 is 2.00 bits per heavy atom. The van der Waals surface area contributed by atoms with Crippen molar-refractivity contribution in [2.45, 2.75) is 19.4 Å². The Bertz CT molecular complexity index is 1330. The fraction of sp³-hybridized carbons (Fsp3) is 0.111. The highest BCUT2D eigenvalue weighted by Crippen LogP contribution is 2.30. The van der Waals surface area contributed by atoms with Gasteiger partial charge in [-0.2, -0.15) is 0 Å². The number of fused-ring (bicyclic) bond motifs is 1. The third kappa shape index (κ3) is 4.99. The summed E-state index contributed by atoms with van der Waals surface area (Å²) in [6.45, 7) is 3.26. The number of hydrogen-bond donors (Lipinski definition) is 2. The molecule has 5 nitrogen and oxygen atoms in total. The third-order valence-corrected chi connectivity index (χ3v) is 5.51. The number of ketones is 1. The number of hydrogen-bond acceptors (Lipinski definition) is 4. The number of benzene rings is 4. The van der Waals surface area contributed by atoms with Gasteiger partial charge in [0.05, 0.1) is 5.69 Å². The lowest BCUT2D eigenvalue weighted by atomic mass is 10.0. The molecule has 0 saturated heterocycles. The lowest BCUT2D eigenvalue weighted by Gasteiger charge is -2.25. The molecule has 1 amide bonds. The molecule has 0 saturated carbocycles. The van der Waals surface area contributed by atoms with E-state index in [1.54, 1.807) is 74.5 Å². The lowest BCUT2D eigenvalue weighted by Crippen LogP contribution is -2.42. The summed E-state index contributed by atoms with van der Waals surface area (Å²) in [7, 11) is 0. The minimum Gasteiger partial charge on any atom is -0.506 e. The molecule has 0 atom stereocenters. The van der Waals surface area contributed by atoms with Crippen LogP contribution in [-0.2, 0) is 4.79 Å². The number of carbonyl (C=O) groups is 2. The molecule has 4 aromatic rings. The molecular weight excluding hydrogens is 438 g/mol. The number of amides is 1. The van der Waals surface area contributed by atoms with Crippen LogP contribution in [0.2, 0.25) is 5.02 Å². The molecular formula is C27H22ClNO4. The van der Waals surface area contributed by atoms with Gasteiger partial charge in [0.1, 0.15) is 11.5 Å². The molecule has 0 radical (unpaired) electrons. The quantitative estimate of drug-likeness (QED) is 0.265. The van der Waals surface area contributed by atoms with Crippen LogP contribution in [0.15, 0.2) is 84.9 Å². The largest absolute Gasteiger partial charge is 0.506 e. The number of phenolic OH excluding ortho intramolecular Hbond substituents is 1. The highest BCUT2D eigenvalue weighted by atomic mass is 35.5. The van der Waals surface area contributed by atoms with Crippen molar-refractivity contribution >= 4 is 39.8 Å². The Morgan fingerprint density at radius 2 is 1.39 bits per heavy atom. The maximum Gasteiger partial charge on any atom is 0.268 e. The molecule has 4 aromatic carbocycles. The van der Waals surface area contributed by atoms with Gasteiger partial charge in [0.25, 0.3) is 5.91 Å². The van der Waals surface area contributed by atoms with Crippen molar-refractivity contribution < 1.29 is 19.4 Å². The van der Waals surface area contributed by atoms with Crippen LogP contribution < -0.4 is 10.1 Å². The molecule has 166 valence electrons. The minimum atomic E-state index is -1.24. The van der Waals surface area contributed by atoms with Gasteiger partial charge in [-0.25, -0.2) is 0 Å². The van der Waals surface area contributed by atoms with Crippen LogP contribution in [0.25, 0.3) is 10.8 Å². The summed E-state index contributed by atoms with van der Waals surface area (Å²) >= 11 is 5.88. The van der Waals surface area contributed by atoms with E-state index in [4.69, 9.17) is 16.3 Å². The van der Waals surface area contributed by atoms with Crippen molar-refractivity contribution in [2.75, 3.05) is 5.32 Å². The molecule has 0 heterocycles. The number of carbonyl (C=O) groups excluding carboxylic acids is 2. The van der Waals surface area contributed by atoms with Crippen molar-refractivity contribution in [1.82, 2.24) is 0 Å². The third-order valence-electron chi connectivity index (χ3n) is 5.25. The second-order valence-electron chi connectivity index (χ2n) is 8.14. The standard InChI is InChI=1S/C27H22ClNO4/c1-27(2,26(32)29-23-15-19-5-3-4-6-20(19)16-24(23)30)33-22-13-9-18(10-14-22)25(31)17-7-11-21(28)12-8-17/h3-16,30H,1-2H3,(H,29,32). The summed E-state index contributed by atoms with van der Waals surface area (Å²) in [4.78, 5) is 25.5. The molecule has 0 aliphatic rings. The summed E-state index contributed by atoms with van der Waals surface area (Å²) in [5, 5.41) is 15.4. The van der Waals surface area contributed by atoms with Gasteiger partial charge in [-0.15, -0.1) is 0 Å². The number of rotatable bonds is 6. The highest BCUT2D eigenvalue weighted by Gasteiger charge is 2.30. The first kappa shape index (κ1) is 22.4. The van der Waals surface area contributed by atoms with Gasteiger partial charge in [-0.3, -0.25) is 9.59 Å². The van der Waals surface area contributed by atoms with E-state index in [9.17, 15) is 14.7 Å². The first-order valence-corrected chi connectivity index (χ1v) is 10.7. The van der Waals surface area contributed by atoms with Gasteiger partial charge in [-0.1, -0.05) is 35.9 Å². The predicted molar refractivity (Wildman–Crippen MR) is 130 cm³/mol. The molecule has 0 bridgehead atoms. The molecule has 2 N–H and O–H groups in total. The molecule has 0 aromatic heterocycles. The van der Waals surface area contributed by atoms with Gasteiger partial charge in [0.2, 0.25) is 0 Å². The second kappa shape index (κ2) is 8.96. The summed E-state index contributed by atoms with van der Waals surface area (Å²) in [6.07, 6.45) is 0. The Labute approximate surface area is 196 Å². The smallest absolute Gasteiger partial charge is 0.268 e. The van der Waals surface area contributed by atoms with Crippen LogP contribution in [0.4, 0.5) is 5.69 Å². The van der Waals surface area contributed by atoms with Gasteiger partial charge in [0, 0.05) is 16.1 Å². The molecule has 0 fully saturated rings. The van der Waals surface area contributed by atoms with E-state index in [-0.39, 0.29) is 11.5 Å². The first-order chi connectivity index (χ1) is 15.7. The minimum absolute atomic E-state index is 0.0251. The monoisotopic (exact) mass is 459 g/mol. The topological polar surface area (TPSA) is 75.6 Å². The van der Waals surface area contributed by atoms with E-state index < -0.39 is 11.5 Å². The summed E-state index contributed by atoms with van der Waals surface area (Å²) in [5.74, 6) is -0.148. The van der Waals surface area contributed by atoms with E-state index in [2.05, 4.69) is 5.32 Å². The lowest BCUT2D eigenvalue weighted by molar-refractivity contribution is -0.128. The van der Waals surface area contributed by atoms with Crippen molar-refractivity contribution in [3.05, 3.63) is 101 Å². The number of phenols is 1. The van der Waals surface area contributed by atoms with Gasteiger partial charge in [0.15, 0.2) is 11.4 Å². The fourth-order valence-electron chi connectivity index (χ4n) is 3.38. The van der Waals surface area contributed by atoms with E-state index in [1.807, 2.05) is 24.3 Å². The summed E-state index contributed by atoms with van der Waals surface area (Å²) < 4.78 is 5.90. The van der Waals surface area contributed by atoms with Crippen LogP contribution in [-0.4, -0.2) is 22.4 Å². The summed E-state index contributed by atoms with van der Waals surface area (Å²) in [6, 6.07) is 24.1. The molecule has 0 aliphatic carbocycles. The van der Waals surface area contributed by atoms with Crippen molar-refractivity contribution in [1.29, 1.82) is 0 Å². The van der Waals surface area contributed by atoms with Gasteiger partial charge in [-0.05, 0) is 85.3 Å². The number of aromatic hydroxyl groups is 1. The molecule has 0 spiro atoms. The zero-order chi connectivity index (χ0) is 23.6. The Balaban J connectivity index is 1.46. The Morgan fingerprint density at radius 1 is 0.848 bits per heavy atom.